The minimum Gasteiger partial charge on any atom is -0.505 e. The summed E-state index contributed by atoms with van der Waals surface area (Å²) in [6.45, 7) is 7.58. The predicted molar refractivity (Wildman–Crippen MR) is 211 cm³/mol. The number of aromatic hydroxyl groups is 2. The van der Waals surface area contributed by atoms with Crippen LogP contribution in [-0.4, -0.2) is 55.6 Å². The number of phenols is 2. The number of rotatable bonds is 10. The summed E-state index contributed by atoms with van der Waals surface area (Å²) in [5.41, 5.74) is -3.77. The minimum absolute atomic E-state index is 0.0229. The van der Waals surface area contributed by atoms with Gasteiger partial charge in [-0.1, -0.05) is 6.92 Å². The number of carbonyl (C=O) groups excluding carboxylic acids is 4. The molecule has 10 nitrogen and oxygen atoms in total. The summed E-state index contributed by atoms with van der Waals surface area (Å²) in [7, 11) is 0. The number of phenolic OH excluding ortho intramolecular Hbond substituents is 2. The monoisotopic (exact) mass is 870 g/mol. The number of fused-ring (bicyclic) bond motifs is 2. The van der Waals surface area contributed by atoms with Crippen LogP contribution >= 0.6 is 0 Å². The lowest BCUT2D eigenvalue weighted by atomic mass is 9.77. The Balaban J connectivity index is 1.69. The van der Waals surface area contributed by atoms with Crippen LogP contribution in [-0.2, 0) is 21.9 Å². The zero-order valence-electron chi connectivity index (χ0n) is 33.5. The Morgan fingerprint density at radius 3 is 1.34 bits per heavy atom. The fourth-order valence-electron chi connectivity index (χ4n) is 7.70. The minimum atomic E-state index is -4.75. The third-order valence-corrected chi connectivity index (χ3v) is 10.5. The molecule has 0 aliphatic rings. The molecule has 0 aliphatic carbocycles. The largest absolute Gasteiger partial charge is 0.505 e. The highest BCUT2D eigenvalue weighted by molar-refractivity contribution is 6.09. The van der Waals surface area contributed by atoms with Crippen LogP contribution in [0.3, 0.4) is 0 Å². The number of nitrogens with zero attached hydrogens (tertiary/aromatic N) is 2. The SMILES string of the molecule is CCCNC(=O)C(c1c(C)n(C(=O)c2ccc(C(F)(F)F)cc2)c2cc(F)c(O)cc12)C(C(=O)NC(C)C)c1c(C)n(C(=O)c2ccc(C(F)(F)F)cc2)c2cc(F)c(O)cc12. The zero-order valence-corrected chi connectivity index (χ0v) is 33.5. The Labute approximate surface area is 347 Å². The van der Waals surface area contributed by atoms with Crippen molar-refractivity contribution >= 4 is 45.4 Å². The lowest BCUT2D eigenvalue weighted by molar-refractivity contribution is -0.138. The average molecular weight is 871 g/mol. The van der Waals surface area contributed by atoms with Gasteiger partial charge in [0.15, 0.2) is 23.1 Å². The van der Waals surface area contributed by atoms with Crippen LogP contribution in [0.4, 0.5) is 35.1 Å². The lowest BCUT2D eigenvalue weighted by Crippen LogP contribution is -2.42. The van der Waals surface area contributed by atoms with Crippen LogP contribution in [0, 0.1) is 25.5 Å². The van der Waals surface area contributed by atoms with Crippen LogP contribution in [0.25, 0.3) is 21.8 Å². The second kappa shape index (κ2) is 16.6. The molecule has 0 bridgehead atoms. The Morgan fingerprint density at radius 1 is 0.629 bits per heavy atom. The molecule has 0 fully saturated rings. The smallest absolute Gasteiger partial charge is 0.416 e. The van der Waals surface area contributed by atoms with E-state index in [1.54, 1.807) is 20.8 Å². The van der Waals surface area contributed by atoms with E-state index in [1.807, 2.05) is 0 Å². The molecule has 6 aromatic rings. The Bertz CT molecular complexity index is 2750. The van der Waals surface area contributed by atoms with Gasteiger partial charge in [0.25, 0.3) is 11.8 Å². The molecule has 2 atom stereocenters. The number of carbonyl (C=O) groups is 4. The highest BCUT2D eigenvalue weighted by Gasteiger charge is 2.44. The molecule has 2 heterocycles. The van der Waals surface area contributed by atoms with Gasteiger partial charge in [0.05, 0.1) is 34.0 Å². The second-order valence-corrected chi connectivity index (χ2v) is 15.0. The molecular formula is C44H38F8N4O6. The van der Waals surface area contributed by atoms with E-state index in [0.717, 1.165) is 57.7 Å². The first-order valence-electron chi connectivity index (χ1n) is 19.1. The van der Waals surface area contributed by atoms with E-state index in [0.29, 0.717) is 30.7 Å². The molecule has 0 saturated heterocycles. The van der Waals surface area contributed by atoms with E-state index < -0.39 is 88.1 Å². The van der Waals surface area contributed by atoms with Gasteiger partial charge in [-0.15, -0.1) is 0 Å². The summed E-state index contributed by atoms with van der Waals surface area (Å²) in [5.74, 6) is -11.6. The van der Waals surface area contributed by atoms with Crippen molar-refractivity contribution < 1.29 is 64.5 Å². The maximum atomic E-state index is 15.3. The molecule has 326 valence electrons. The fraction of sp³-hybridized carbons (Fsp3) is 0.273. The van der Waals surface area contributed by atoms with Gasteiger partial charge in [0, 0.05) is 58.0 Å². The summed E-state index contributed by atoms with van der Waals surface area (Å²) < 4.78 is 113. The van der Waals surface area contributed by atoms with E-state index in [2.05, 4.69) is 10.6 Å². The molecule has 6 rings (SSSR count). The third kappa shape index (κ3) is 8.20. The molecule has 0 saturated carbocycles. The highest BCUT2D eigenvalue weighted by atomic mass is 19.4. The molecule has 2 unspecified atom stereocenters. The maximum Gasteiger partial charge on any atom is 0.416 e. The van der Waals surface area contributed by atoms with Gasteiger partial charge in [-0.25, -0.2) is 8.78 Å². The quantitative estimate of drug-likeness (QED) is 0.101. The molecule has 4 aromatic carbocycles. The van der Waals surface area contributed by atoms with Crippen LogP contribution in [0.15, 0.2) is 72.8 Å². The van der Waals surface area contributed by atoms with Crippen molar-refractivity contribution in [3.8, 4) is 11.5 Å². The number of amides is 2. The number of alkyl halides is 6. The molecule has 0 aliphatic heterocycles. The predicted octanol–water partition coefficient (Wildman–Crippen LogP) is 9.24. The molecule has 18 heteroatoms. The molecule has 4 N–H and O–H groups in total. The van der Waals surface area contributed by atoms with Crippen molar-refractivity contribution in [1.29, 1.82) is 0 Å². The summed E-state index contributed by atoms with van der Waals surface area (Å²) >= 11 is 0. The highest BCUT2D eigenvalue weighted by Crippen LogP contribution is 2.47. The van der Waals surface area contributed by atoms with Crippen LogP contribution in [0.5, 0.6) is 11.5 Å². The molecule has 2 aromatic heterocycles. The maximum absolute atomic E-state index is 15.3. The second-order valence-electron chi connectivity index (χ2n) is 15.0. The van der Waals surface area contributed by atoms with Crippen LogP contribution < -0.4 is 10.6 Å². The summed E-state index contributed by atoms with van der Waals surface area (Å²) in [5, 5.41) is 26.6. The van der Waals surface area contributed by atoms with E-state index >= 15 is 8.78 Å². The number of hydrogen-bond donors (Lipinski definition) is 4. The first kappa shape index (κ1) is 44.8. The molecule has 62 heavy (non-hydrogen) atoms. The number of hydrogen-bond acceptors (Lipinski definition) is 6. The van der Waals surface area contributed by atoms with Crippen molar-refractivity contribution in [2.75, 3.05) is 6.54 Å². The van der Waals surface area contributed by atoms with Crippen molar-refractivity contribution in [2.45, 2.75) is 71.3 Å². The van der Waals surface area contributed by atoms with E-state index in [4.69, 9.17) is 0 Å². The van der Waals surface area contributed by atoms with Gasteiger partial charge in [0.1, 0.15) is 0 Å². The fourth-order valence-corrected chi connectivity index (χ4v) is 7.70. The van der Waals surface area contributed by atoms with Gasteiger partial charge in [0.2, 0.25) is 11.8 Å². The molecule has 0 spiro atoms. The van der Waals surface area contributed by atoms with Crippen LogP contribution in [0.2, 0.25) is 0 Å². The Hall–Kier alpha value is -6.72. The summed E-state index contributed by atoms with van der Waals surface area (Å²) in [6.07, 6.45) is -9.13. The van der Waals surface area contributed by atoms with Gasteiger partial charge in [-0.05, 0) is 106 Å². The number of halogens is 8. The average Bonchev–Trinajstić information content (AvgIpc) is 3.62. The lowest BCUT2D eigenvalue weighted by Gasteiger charge is -2.28. The van der Waals surface area contributed by atoms with Gasteiger partial charge in [-0.2, -0.15) is 26.3 Å². The van der Waals surface area contributed by atoms with Crippen molar-refractivity contribution in [3.05, 3.63) is 129 Å². The summed E-state index contributed by atoms with van der Waals surface area (Å²) in [4.78, 5) is 58.1. The molecular weight excluding hydrogens is 832 g/mol. The van der Waals surface area contributed by atoms with Gasteiger partial charge in [-0.3, -0.25) is 28.3 Å². The Kier molecular flexibility index (Phi) is 12.0. The number of nitrogens with one attached hydrogen (secondary N) is 2. The zero-order chi connectivity index (χ0) is 45.7. The first-order valence-corrected chi connectivity index (χ1v) is 19.1. The van der Waals surface area contributed by atoms with Crippen molar-refractivity contribution in [2.24, 2.45) is 0 Å². The van der Waals surface area contributed by atoms with E-state index in [-0.39, 0.29) is 62.0 Å². The molecule has 0 radical (unpaired) electrons. The van der Waals surface area contributed by atoms with E-state index in [9.17, 15) is 55.7 Å². The first-order chi connectivity index (χ1) is 29.0. The topological polar surface area (TPSA) is 143 Å². The normalized spacial score (nSPS) is 13.1. The van der Waals surface area contributed by atoms with Crippen molar-refractivity contribution in [3.63, 3.8) is 0 Å². The van der Waals surface area contributed by atoms with Crippen molar-refractivity contribution in [1.82, 2.24) is 19.8 Å². The van der Waals surface area contributed by atoms with E-state index in [1.165, 1.54) is 13.8 Å². The summed E-state index contributed by atoms with van der Waals surface area (Å²) in [6, 6.07) is 8.98. The van der Waals surface area contributed by atoms with Crippen LogP contribution in [0.1, 0.15) is 93.4 Å². The number of benzene rings is 4. The van der Waals surface area contributed by atoms with Gasteiger partial charge < -0.3 is 20.8 Å². The number of aromatic nitrogens is 2. The molecule has 2 amide bonds. The van der Waals surface area contributed by atoms with Gasteiger partial charge >= 0.3 is 12.4 Å². The Morgan fingerprint density at radius 2 is 1.00 bits per heavy atom. The third-order valence-electron chi connectivity index (χ3n) is 10.5. The standard InChI is InChI=1S/C44H38F8N4O6/c1-6-15-53-39(59)37(35-21(4)55(31-18-29(45)33(57)16-27(31)35)41(61)23-7-11-25(12-8-23)43(47,48)49)38(40(60)54-20(2)3)36-22(5)56(32-19-30(46)34(58)17-28(32)36)42(62)24-9-13-26(14-10-24)44(50,51)52/h7-14,16-20,37-38,57-58H,6,15H2,1-5H3,(H,53,59)(H,54,60).